The van der Waals surface area contributed by atoms with Crippen molar-refractivity contribution in [1.82, 2.24) is 14.9 Å². The number of carbonyl (C=O) groups is 2. The average Bonchev–Trinajstić information content (AvgIpc) is 3.14. The zero-order valence-electron chi connectivity index (χ0n) is 14.6. The van der Waals surface area contributed by atoms with E-state index in [9.17, 15) is 22.8 Å². The molecule has 2 N–H and O–H groups in total. The number of pyridine rings is 2. The van der Waals surface area contributed by atoms with Crippen molar-refractivity contribution < 1.29 is 27.5 Å². The molecule has 2 amide bonds. The highest BCUT2D eigenvalue weighted by Crippen LogP contribution is 2.28. The van der Waals surface area contributed by atoms with Gasteiger partial charge in [-0.05, 0) is 37.1 Å². The number of likely N-dealkylation sites (tertiary alicyclic amines) is 1. The maximum Gasteiger partial charge on any atom is 0.433 e. The lowest BCUT2D eigenvalue weighted by molar-refractivity contribution is -0.141. The Balaban J connectivity index is 1.69. The highest BCUT2D eigenvalue weighted by atomic mass is 19.4. The van der Waals surface area contributed by atoms with Crippen LogP contribution in [0.15, 0.2) is 36.7 Å². The SMILES string of the molecule is NC(=O)c1ncccc1OC[C@H]1CCCN1C(=O)c1ccc(C(F)(F)F)nc1. The van der Waals surface area contributed by atoms with E-state index in [0.717, 1.165) is 24.8 Å². The topological polar surface area (TPSA) is 98.4 Å². The molecule has 1 atom stereocenters. The zero-order valence-corrected chi connectivity index (χ0v) is 14.6. The van der Waals surface area contributed by atoms with E-state index in [1.807, 2.05) is 0 Å². The quantitative estimate of drug-likeness (QED) is 0.839. The van der Waals surface area contributed by atoms with Crippen molar-refractivity contribution in [2.24, 2.45) is 5.73 Å². The third-order valence-corrected chi connectivity index (χ3v) is 4.37. The van der Waals surface area contributed by atoms with Crippen molar-refractivity contribution >= 4 is 11.8 Å². The van der Waals surface area contributed by atoms with Gasteiger partial charge in [-0.15, -0.1) is 0 Å². The molecule has 10 heteroatoms. The molecule has 2 aromatic heterocycles. The Morgan fingerprint density at radius 1 is 1.25 bits per heavy atom. The fourth-order valence-corrected chi connectivity index (χ4v) is 3.01. The predicted molar refractivity (Wildman–Crippen MR) is 91.5 cm³/mol. The molecule has 0 unspecified atom stereocenters. The van der Waals surface area contributed by atoms with Gasteiger partial charge in [0.2, 0.25) is 0 Å². The summed E-state index contributed by atoms with van der Waals surface area (Å²) in [6, 6.07) is 4.74. The molecule has 1 aliphatic heterocycles. The van der Waals surface area contributed by atoms with Crippen LogP contribution in [-0.2, 0) is 6.18 Å². The van der Waals surface area contributed by atoms with Crippen LogP contribution in [0.5, 0.6) is 5.75 Å². The molecule has 0 aromatic carbocycles. The third kappa shape index (κ3) is 4.21. The fraction of sp³-hybridized carbons (Fsp3) is 0.333. The van der Waals surface area contributed by atoms with E-state index in [1.165, 1.54) is 11.1 Å². The number of amides is 2. The zero-order chi connectivity index (χ0) is 20.3. The second kappa shape index (κ2) is 7.83. The number of ether oxygens (including phenoxy) is 1. The molecule has 1 fully saturated rings. The summed E-state index contributed by atoms with van der Waals surface area (Å²) < 4.78 is 43.5. The second-order valence-electron chi connectivity index (χ2n) is 6.25. The molecular formula is C18H17F3N4O3. The summed E-state index contributed by atoms with van der Waals surface area (Å²) in [6.45, 7) is 0.551. The van der Waals surface area contributed by atoms with Gasteiger partial charge < -0.3 is 15.4 Å². The lowest BCUT2D eigenvalue weighted by Crippen LogP contribution is -2.39. The molecule has 1 aliphatic rings. The van der Waals surface area contributed by atoms with Gasteiger partial charge in [-0.3, -0.25) is 14.6 Å². The number of rotatable bonds is 5. The molecule has 0 spiro atoms. The number of nitrogens with two attached hydrogens (primary N) is 1. The molecule has 3 rings (SSSR count). The van der Waals surface area contributed by atoms with E-state index < -0.39 is 23.7 Å². The van der Waals surface area contributed by atoms with Crippen LogP contribution in [0.1, 0.15) is 39.4 Å². The van der Waals surface area contributed by atoms with Crippen molar-refractivity contribution in [2.75, 3.05) is 13.2 Å². The smallest absolute Gasteiger partial charge is 0.433 e. The Kier molecular flexibility index (Phi) is 5.48. The van der Waals surface area contributed by atoms with Crippen LogP contribution in [0.4, 0.5) is 13.2 Å². The van der Waals surface area contributed by atoms with Crippen molar-refractivity contribution in [3.05, 3.63) is 53.6 Å². The first-order chi connectivity index (χ1) is 13.3. The Hall–Kier alpha value is -3.17. The van der Waals surface area contributed by atoms with Crippen LogP contribution in [0, 0.1) is 0 Å². The van der Waals surface area contributed by atoms with Crippen LogP contribution in [0.2, 0.25) is 0 Å². The van der Waals surface area contributed by atoms with E-state index >= 15 is 0 Å². The van der Waals surface area contributed by atoms with Gasteiger partial charge in [0.25, 0.3) is 11.8 Å². The van der Waals surface area contributed by atoms with Crippen LogP contribution in [-0.4, -0.2) is 45.9 Å². The number of nitrogens with zero attached hydrogens (tertiary/aromatic N) is 3. The summed E-state index contributed by atoms with van der Waals surface area (Å²) in [6.07, 6.45) is -0.841. The molecule has 2 aromatic rings. The van der Waals surface area contributed by atoms with E-state index in [0.29, 0.717) is 13.0 Å². The highest BCUT2D eigenvalue weighted by Gasteiger charge is 2.34. The number of hydrogen-bond acceptors (Lipinski definition) is 5. The standard InChI is InChI=1S/C18H17F3N4O3/c19-18(20,21)14-6-5-11(9-24-14)17(27)25-8-2-3-12(25)10-28-13-4-1-7-23-15(13)16(22)26/h1,4-7,9,12H,2-3,8,10H2,(H2,22,26)/t12-/m1/s1. The maximum atomic E-state index is 12.7. The molecule has 7 nitrogen and oxygen atoms in total. The minimum atomic E-state index is -4.56. The van der Waals surface area contributed by atoms with Gasteiger partial charge in [0.15, 0.2) is 11.4 Å². The first-order valence-electron chi connectivity index (χ1n) is 8.49. The number of halogens is 3. The first-order valence-corrected chi connectivity index (χ1v) is 8.49. The van der Waals surface area contributed by atoms with Gasteiger partial charge in [0.05, 0.1) is 11.6 Å². The Morgan fingerprint density at radius 2 is 2.04 bits per heavy atom. The normalized spacial score (nSPS) is 16.8. The third-order valence-electron chi connectivity index (χ3n) is 4.37. The number of alkyl halides is 3. The van der Waals surface area contributed by atoms with Gasteiger partial charge in [0.1, 0.15) is 12.3 Å². The molecule has 0 radical (unpaired) electrons. The van der Waals surface area contributed by atoms with Gasteiger partial charge >= 0.3 is 6.18 Å². The Morgan fingerprint density at radius 3 is 2.68 bits per heavy atom. The van der Waals surface area contributed by atoms with Crippen LogP contribution in [0.3, 0.4) is 0 Å². The van der Waals surface area contributed by atoms with E-state index in [1.54, 1.807) is 12.1 Å². The first kappa shape index (κ1) is 19.6. The van der Waals surface area contributed by atoms with Crippen molar-refractivity contribution in [1.29, 1.82) is 0 Å². The summed E-state index contributed by atoms with van der Waals surface area (Å²) >= 11 is 0. The monoisotopic (exact) mass is 394 g/mol. The van der Waals surface area contributed by atoms with Crippen molar-refractivity contribution in [2.45, 2.75) is 25.1 Å². The molecular weight excluding hydrogens is 377 g/mol. The molecule has 0 bridgehead atoms. The van der Waals surface area contributed by atoms with Crippen molar-refractivity contribution in [3.8, 4) is 5.75 Å². The van der Waals surface area contributed by atoms with Gasteiger partial charge in [-0.25, -0.2) is 4.98 Å². The van der Waals surface area contributed by atoms with E-state index in [4.69, 9.17) is 10.5 Å². The summed E-state index contributed by atoms with van der Waals surface area (Å²) in [7, 11) is 0. The number of primary amides is 1. The van der Waals surface area contributed by atoms with Crippen molar-refractivity contribution in [3.63, 3.8) is 0 Å². The summed E-state index contributed by atoms with van der Waals surface area (Å²) in [4.78, 5) is 32.8. The molecule has 1 saturated heterocycles. The second-order valence-corrected chi connectivity index (χ2v) is 6.25. The Bertz CT molecular complexity index is 871. The largest absolute Gasteiger partial charge is 0.489 e. The van der Waals surface area contributed by atoms with Gasteiger partial charge in [-0.2, -0.15) is 13.2 Å². The minimum Gasteiger partial charge on any atom is -0.489 e. The number of aromatic nitrogens is 2. The van der Waals surface area contributed by atoms with Gasteiger partial charge in [0, 0.05) is 18.9 Å². The predicted octanol–water partition coefficient (Wildman–Crippen LogP) is 2.28. The minimum absolute atomic E-state index is 0.00897. The molecule has 0 saturated carbocycles. The number of hydrogen-bond donors (Lipinski definition) is 1. The highest BCUT2D eigenvalue weighted by molar-refractivity contribution is 5.94. The fourth-order valence-electron chi connectivity index (χ4n) is 3.01. The van der Waals surface area contributed by atoms with Crippen LogP contribution in [0.25, 0.3) is 0 Å². The summed E-state index contributed by atoms with van der Waals surface area (Å²) in [5.41, 5.74) is 4.26. The number of carbonyl (C=O) groups excluding carboxylic acids is 2. The lowest BCUT2D eigenvalue weighted by Gasteiger charge is -2.25. The van der Waals surface area contributed by atoms with E-state index in [-0.39, 0.29) is 29.7 Å². The summed E-state index contributed by atoms with van der Waals surface area (Å²) in [5.74, 6) is -0.940. The lowest BCUT2D eigenvalue weighted by atomic mass is 10.2. The molecule has 28 heavy (non-hydrogen) atoms. The molecule has 148 valence electrons. The van der Waals surface area contributed by atoms with Crippen LogP contribution >= 0.6 is 0 Å². The maximum absolute atomic E-state index is 12.7. The van der Waals surface area contributed by atoms with Gasteiger partial charge in [-0.1, -0.05) is 0 Å². The molecule has 3 heterocycles. The van der Waals surface area contributed by atoms with Crippen LogP contribution < -0.4 is 10.5 Å². The average molecular weight is 394 g/mol. The Labute approximate surface area is 158 Å². The summed E-state index contributed by atoms with van der Waals surface area (Å²) in [5, 5.41) is 0. The van der Waals surface area contributed by atoms with E-state index in [2.05, 4.69) is 9.97 Å². The molecule has 0 aliphatic carbocycles.